The summed E-state index contributed by atoms with van der Waals surface area (Å²) in [6.45, 7) is 4.58. The molecule has 0 bridgehead atoms. The van der Waals surface area contributed by atoms with Gasteiger partial charge in [-0.25, -0.2) is 9.59 Å². The zero-order chi connectivity index (χ0) is 19.1. The maximum atomic E-state index is 12.3. The summed E-state index contributed by atoms with van der Waals surface area (Å²) in [5.74, 6) is 0.435. The Morgan fingerprint density at radius 3 is 2.20 bits per heavy atom. The fourth-order valence-corrected chi connectivity index (χ4v) is 3.12. The zero-order valence-electron chi connectivity index (χ0n) is 16.0. The van der Waals surface area contributed by atoms with Crippen LogP contribution in [0.2, 0.25) is 0 Å². The summed E-state index contributed by atoms with van der Waals surface area (Å²) in [7, 11) is 0. The molecule has 0 saturated heterocycles. The highest BCUT2D eigenvalue weighted by molar-refractivity contribution is 7.98. The van der Waals surface area contributed by atoms with Gasteiger partial charge in [0.15, 0.2) is 12.2 Å². The molecule has 0 saturated carbocycles. The molecule has 0 fully saturated rings. The van der Waals surface area contributed by atoms with E-state index in [1.54, 1.807) is 23.5 Å². The van der Waals surface area contributed by atoms with E-state index in [-0.39, 0.29) is 0 Å². The molecule has 0 amide bonds. The Labute approximate surface area is 161 Å². The first kappa shape index (κ1) is 24.6. The van der Waals surface area contributed by atoms with E-state index in [4.69, 9.17) is 9.47 Å². The van der Waals surface area contributed by atoms with Crippen molar-refractivity contribution in [3.63, 3.8) is 0 Å². The van der Waals surface area contributed by atoms with Gasteiger partial charge in [-0.1, -0.05) is 33.1 Å². The molecular formula is C18H34O5S2. The van der Waals surface area contributed by atoms with E-state index in [1.165, 1.54) is 0 Å². The summed E-state index contributed by atoms with van der Waals surface area (Å²) in [5, 5.41) is 9.81. The molecule has 7 heteroatoms. The van der Waals surface area contributed by atoms with Crippen molar-refractivity contribution in [1.29, 1.82) is 0 Å². The number of aliphatic hydroxyl groups excluding tert-OH is 1. The second kappa shape index (κ2) is 15.8. The van der Waals surface area contributed by atoms with Gasteiger partial charge < -0.3 is 14.6 Å². The number of hydrogen-bond acceptors (Lipinski definition) is 7. The van der Waals surface area contributed by atoms with Crippen LogP contribution in [0, 0.1) is 5.92 Å². The Hall–Kier alpha value is -0.400. The van der Waals surface area contributed by atoms with Crippen molar-refractivity contribution in [3.8, 4) is 0 Å². The molecule has 0 aliphatic rings. The minimum absolute atomic E-state index is 0.319. The first-order valence-electron chi connectivity index (χ1n) is 9.03. The van der Waals surface area contributed by atoms with Gasteiger partial charge in [0.25, 0.3) is 0 Å². The van der Waals surface area contributed by atoms with Crippen LogP contribution in [0.1, 0.15) is 52.4 Å². The fraction of sp³-hybridized carbons (Fsp3) is 0.889. The van der Waals surface area contributed by atoms with Crippen molar-refractivity contribution in [2.24, 2.45) is 5.92 Å². The number of carbonyl (C=O) groups is 2. The minimum atomic E-state index is -1.19. The summed E-state index contributed by atoms with van der Waals surface area (Å²) in [5.41, 5.74) is 0. The summed E-state index contributed by atoms with van der Waals surface area (Å²) in [6, 6.07) is 0. The monoisotopic (exact) mass is 394 g/mol. The van der Waals surface area contributed by atoms with Crippen LogP contribution in [0.15, 0.2) is 0 Å². The highest BCUT2D eigenvalue weighted by Gasteiger charge is 2.28. The minimum Gasteiger partial charge on any atom is -0.463 e. The molecule has 3 unspecified atom stereocenters. The van der Waals surface area contributed by atoms with Gasteiger partial charge >= 0.3 is 11.9 Å². The number of ether oxygens (including phenoxy) is 2. The fourth-order valence-electron chi connectivity index (χ4n) is 2.21. The van der Waals surface area contributed by atoms with Crippen molar-refractivity contribution in [2.75, 3.05) is 30.6 Å². The summed E-state index contributed by atoms with van der Waals surface area (Å²) >= 11 is 3.12. The zero-order valence-corrected chi connectivity index (χ0v) is 17.6. The predicted molar refractivity (Wildman–Crippen MR) is 106 cm³/mol. The smallest absolute Gasteiger partial charge is 0.347 e. The largest absolute Gasteiger partial charge is 0.463 e. The molecule has 0 radical (unpaired) electrons. The van der Waals surface area contributed by atoms with Crippen LogP contribution in [0.5, 0.6) is 0 Å². The molecule has 0 rings (SSSR count). The number of carbonyl (C=O) groups excluding carboxylic acids is 2. The van der Waals surface area contributed by atoms with Crippen LogP contribution in [0.4, 0.5) is 0 Å². The number of thioether (sulfide) groups is 2. The third kappa shape index (κ3) is 11.8. The van der Waals surface area contributed by atoms with Gasteiger partial charge in [-0.15, -0.1) is 0 Å². The second-order valence-electron chi connectivity index (χ2n) is 6.05. The molecule has 25 heavy (non-hydrogen) atoms. The summed E-state index contributed by atoms with van der Waals surface area (Å²) in [4.78, 5) is 24.3. The lowest BCUT2D eigenvalue weighted by Crippen LogP contribution is -2.35. The molecule has 0 aromatic carbocycles. The first-order chi connectivity index (χ1) is 12.0. The summed E-state index contributed by atoms with van der Waals surface area (Å²) < 4.78 is 10.6. The predicted octanol–water partition coefficient (Wildman–Crippen LogP) is 3.52. The van der Waals surface area contributed by atoms with E-state index >= 15 is 0 Å². The third-order valence-electron chi connectivity index (χ3n) is 3.98. The number of hydrogen-bond donors (Lipinski definition) is 1. The van der Waals surface area contributed by atoms with E-state index < -0.39 is 24.1 Å². The van der Waals surface area contributed by atoms with Gasteiger partial charge in [0.1, 0.15) is 0 Å². The number of esters is 2. The van der Waals surface area contributed by atoms with Gasteiger partial charge in [-0.3, -0.25) is 0 Å². The highest BCUT2D eigenvalue weighted by Crippen LogP contribution is 2.15. The maximum Gasteiger partial charge on any atom is 0.347 e. The van der Waals surface area contributed by atoms with Gasteiger partial charge in [-0.05, 0) is 42.8 Å². The lowest BCUT2D eigenvalue weighted by Gasteiger charge is -2.20. The molecule has 5 nitrogen and oxygen atoms in total. The quantitative estimate of drug-likeness (QED) is 0.426. The molecule has 0 aromatic rings. The van der Waals surface area contributed by atoms with Crippen LogP contribution in [-0.4, -0.2) is 59.9 Å². The second-order valence-corrected chi connectivity index (χ2v) is 8.02. The van der Waals surface area contributed by atoms with Crippen molar-refractivity contribution in [3.05, 3.63) is 0 Å². The average Bonchev–Trinajstić information content (AvgIpc) is 2.62. The van der Waals surface area contributed by atoms with E-state index in [0.29, 0.717) is 36.9 Å². The Balaban J connectivity index is 4.56. The van der Waals surface area contributed by atoms with Crippen LogP contribution in [0.3, 0.4) is 0 Å². The van der Waals surface area contributed by atoms with Crippen LogP contribution in [-0.2, 0) is 19.1 Å². The Morgan fingerprint density at radius 1 is 1.00 bits per heavy atom. The molecular weight excluding hydrogens is 360 g/mol. The molecule has 0 spiro atoms. The Morgan fingerprint density at radius 2 is 1.64 bits per heavy atom. The number of rotatable bonds is 15. The van der Waals surface area contributed by atoms with Crippen LogP contribution in [0.25, 0.3) is 0 Å². The van der Waals surface area contributed by atoms with Crippen molar-refractivity contribution in [2.45, 2.75) is 64.6 Å². The molecule has 3 atom stereocenters. The van der Waals surface area contributed by atoms with Gasteiger partial charge in [0.2, 0.25) is 0 Å². The SMILES string of the molecule is CCCCC(CC)COC(=O)C(CCSC)OC(=O)C(O)CCSC. The van der Waals surface area contributed by atoms with Gasteiger partial charge in [0.05, 0.1) is 6.61 Å². The average molecular weight is 395 g/mol. The Bertz CT molecular complexity index is 365. The van der Waals surface area contributed by atoms with Crippen molar-refractivity contribution in [1.82, 2.24) is 0 Å². The molecule has 0 aliphatic heterocycles. The van der Waals surface area contributed by atoms with Crippen LogP contribution >= 0.6 is 23.5 Å². The number of unbranched alkanes of at least 4 members (excludes halogenated alkanes) is 1. The van der Waals surface area contributed by atoms with Crippen molar-refractivity contribution < 1.29 is 24.2 Å². The normalized spacial score (nSPS) is 14.6. The van der Waals surface area contributed by atoms with Crippen LogP contribution < -0.4 is 0 Å². The Kier molecular flexibility index (Phi) is 15.6. The third-order valence-corrected chi connectivity index (χ3v) is 5.27. The first-order valence-corrected chi connectivity index (χ1v) is 11.8. The van der Waals surface area contributed by atoms with Gasteiger partial charge in [0, 0.05) is 6.42 Å². The summed E-state index contributed by atoms with van der Waals surface area (Å²) in [6.07, 6.45) is 6.63. The molecule has 0 heterocycles. The molecule has 0 aliphatic carbocycles. The lowest BCUT2D eigenvalue weighted by molar-refractivity contribution is -0.174. The van der Waals surface area contributed by atoms with Crippen molar-refractivity contribution >= 4 is 35.5 Å². The van der Waals surface area contributed by atoms with E-state index in [1.807, 2.05) is 12.5 Å². The standard InChI is InChI=1S/C18H34O5S2/c1-5-7-8-14(6-2)13-22-18(21)16(10-12-25-4)23-17(20)15(19)9-11-24-3/h14-16,19H,5-13H2,1-4H3. The maximum absolute atomic E-state index is 12.3. The molecule has 1 N–H and O–H groups in total. The van der Waals surface area contributed by atoms with Gasteiger partial charge in [-0.2, -0.15) is 23.5 Å². The van der Waals surface area contributed by atoms with E-state index in [2.05, 4.69) is 13.8 Å². The van der Waals surface area contributed by atoms with E-state index in [0.717, 1.165) is 25.7 Å². The lowest BCUT2D eigenvalue weighted by atomic mass is 10.0. The molecule has 148 valence electrons. The van der Waals surface area contributed by atoms with E-state index in [9.17, 15) is 14.7 Å². The topological polar surface area (TPSA) is 72.8 Å². The number of aliphatic hydroxyl groups is 1. The highest BCUT2D eigenvalue weighted by atomic mass is 32.2. The molecule has 0 aromatic heterocycles.